The maximum absolute atomic E-state index is 12.0. The lowest BCUT2D eigenvalue weighted by molar-refractivity contribution is -0.118. The second-order valence-corrected chi connectivity index (χ2v) is 6.42. The first-order valence-electron chi connectivity index (χ1n) is 6.84. The molecule has 3 atom stereocenters. The lowest BCUT2D eigenvalue weighted by atomic mass is 10.2. The van der Waals surface area contributed by atoms with Crippen molar-refractivity contribution in [3.63, 3.8) is 0 Å². The van der Waals surface area contributed by atoms with Crippen molar-refractivity contribution in [1.82, 2.24) is 19.6 Å². The molecule has 0 aromatic carbocycles. The van der Waals surface area contributed by atoms with Gasteiger partial charge in [-0.2, -0.15) is 22.8 Å². The summed E-state index contributed by atoms with van der Waals surface area (Å²) in [5.41, 5.74) is 10.5. The Balaban J connectivity index is 2.99. The van der Waals surface area contributed by atoms with Crippen molar-refractivity contribution in [2.75, 3.05) is 13.2 Å². The monoisotopic (exact) mass is 384 g/mol. The van der Waals surface area contributed by atoms with E-state index in [1.54, 1.807) is 4.72 Å². The SMILES string of the molecule is NC(=O)C[C@H](NS(=O)(=O)N[C@@H](CO)C(O)O)c1nc([C@@H](N)CO)no1. The number of hydrogen-bond acceptors (Lipinski definition) is 11. The van der Waals surface area contributed by atoms with Gasteiger partial charge in [0.05, 0.1) is 31.7 Å². The normalized spacial score (nSPS) is 15.9. The highest BCUT2D eigenvalue weighted by molar-refractivity contribution is 7.87. The van der Waals surface area contributed by atoms with Gasteiger partial charge in [-0.15, -0.1) is 0 Å². The molecule has 0 aliphatic rings. The zero-order valence-corrected chi connectivity index (χ0v) is 13.6. The van der Waals surface area contributed by atoms with E-state index < -0.39 is 60.2 Å². The summed E-state index contributed by atoms with van der Waals surface area (Å²) in [5, 5.41) is 39.2. The standard InChI is InChI=1S/C10H20N6O8S/c11-4(2-17)8-13-9(24-14-8)5(1-7(12)19)15-25(22,23)16-6(3-18)10(20)21/h4-6,10,15-18,20-21H,1-3,11H2,(H2,12,19)/t4-,5-,6-/m0/s1. The third-order valence-electron chi connectivity index (χ3n) is 2.85. The molecule has 25 heavy (non-hydrogen) atoms. The number of aliphatic hydroxyl groups is 4. The minimum atomic E-state index is -4.44. The quantitative estimate of drug-likeness (QED) is 0.168. The van der Waals surface area contributed by atoms with E-state index in [1.165, 1.54) is 0 Å². The highest BCUT2D eigenvalue weighted by atomic mass is 32.2. The van der Waals surface area contributed by atoms with E-state index in [1.807, 2.05) is 4.72 Å². The third-order valence-corrected chi connectivity index (χ3v) is 4.06. The molecule has 0 spiro atoms. The number of hydrogen-bond donors (Lipinski definition) is 8. The van der Waals surface area contributed by atoms with E-state index in [9.17, 15) is 13.2 Å². The summed E-state index contributed by atoms with van der Waals surface area (Å²) >= 11 is 0. The predicted molar refractivity (Wildman–Crippen MR) is 79.2 cm³/mol. The zero-order chi connectivity index (χ0) is 19.2. The maximum Gasteiger partial charge on any atom is 0.278 e. The van der Waals surface area contributed by atoms with E-state index in [-0.39, 0.29) is 11.7 Å². The molecule has 0 unspecified atom stereocenters. The average Bonchev–Trinajstić information content (AvgIpc) is 3.00. The summed E-state index contributed by atoms with van der Waals surface area (Å²) in [7, 11) is -4.44. The second kappa shape index (κ2) is 9.11. The Morgan fingerprint density at radius 1 is 1.24 bits per heavy atom. The molecular formula is C10H20N6O8S. The number of nitrogens with two attached hydrogens (primary N) is 2. The van der Waals surface area contributed by atoms with E-state index >= 15 is 0 Å². The summed E-state index contributed by atoms with van der Waals surface area (Å²) in [6.07, 6.45) is -2.74. The number of rotatable bonds is 11. The summed E-state index contributed by atoms with van der Waals surface area (Å²) in [6.45, 7) is -1.41. The number of nitrogens with zero attached hydrogens (tertiary/aromatic N) is 2. The minimum Gasteiger partial charge on any atom is -0.395 e. The number of aliphatic hydroxyl groups excluding tert-OH is 3. The average molecular weight is 384 g/mol. The summed E-state index contributed by atoms with van der Waals surface area (Å²) in [5.74, 6) is -1.38. The molecule has 0 radical (unpaired) electrons. The van der Waals surface area contributed by atoms with Gasteiger partial charge in [0.15, 0.2) is 12.1 Å². The van der Waals surface area contributed by atoms with Crippen molar-refractivity contribution in [3.8, 4) is 0 Å². The molecule has 0 saturated carbocycles. The molecule has 1 amide bonds. The predicted octanol–water partition coefficient (Wildman–Crippen LogP) is -4.93. The van der Waals surface area contributed by atoms with E-state index in [0.717, 1.165) is 0 Å². The van der Waals surface area contributed by atoms with Crippen LogP contribution in [0.1, 0.15) is 30.2 Å². The maximum atomic E-state index is 12.0. The Morgan fingerprint density at radius 3 is 2.36 bits per heavy atom. The van der Waals surface area contributed by atoms with Crippen molar-refractivity contribution in [2.24, 2.45) is 11.5 Å². The van der Waals surface area contributed by atoms with Gasteiger partial charge in [0, 0.05) is 0 Å². The van der Waals surface area contributed by atoms with Gasteiger partial charge in [-0.05, 0) is 0 Å². The van der Waals surface area contributed by atoms with Gasteiger partial charge in [0.1, 0.15) is 6.04 Å². The van der Waals surface area contributed by atoms with Crippen LogP contribution in [-0.2, 0) is 15.0 Å². The lowest BCUT2D eigenvalue weighted by Crippen LogP contribution is -2.50. The van der Waals surface area contributed by atoms with Crippen LogP contribution in [0.5, 0.6) is 0 Å². The van der Waals surface area contributed by atoms with Crippen LogP contribution in [0.15, 0.2) is 4.52 Å². The fourth-order valence-electron chi connectivity index (χ4n) is 1.61. The summed E-state index contributed by atoms with van der Waals surface area (Å²) in [6, 6.07) is -3.99. The van der Waals surface area contributed by atoms with Crippen LogP contribution in [0, 0.1) is 0 Å². The Hall–Kier alpha value is -1.72. The van der Waals surface area contributed by atoms with Crippen LogP contribution < -0.4 is 20.9 Å². The first kappa shape index (κ1) is 21.3. The molecule has 0 aliphatic heterocycles. The molecule has 0 saturated heterocycles. The van der Waals surface area contributed by atoms with Crippen LogP contribution in [0.4, 0.5) is 0 Å². The van der Waals surface area contributed by atoms with Gasteiger partial charge in [0.2, 0.25) is 11.8 Å². The molecule has 0 bridgehead atoms. The van der Waals surface area contributed by atoms with E-state index in [4.69, 9.17) is 36.4 Å². The van der Waals surface area contributed by atoms with Gasteiger partial charge < -0.3 is 36.4 Å². The number of primary amides is 1. The van der Waals surface area contributed by atoms with Crippen molar-refractivity contribution in [3.05, 3.63) is 11.7 Å². The molecule has 14 nitrogen and oxygen atoms in total. The van der Waals surface area contributed by atoms with Gasteiger partial charge in [0.25, 0.3) is 10.2 Å². The molecule has 1 heterocycles. The van der Waals surface area contributed by atoms with Crippen molar-refractivity contribution < 1.29 is 38.2 Å². The number of carbonyl (C=O) groups is 1. The molecule has 1 rings (SSSR count). The molecule has 1 aromatic rings. The van der Waals surface area contributed by atoms with Crippen LogP contribution in [0.3, 0.4) is 0 Å². The van der Waals surface area contributed by atoms with Crippen molar-refractivity contribution >= 4 is 16.1 Å². The van der Waals surface area contributed by atoms with Crippen LogP contribution in [-0.4, -0.2) is 70.4 Å². The molecule has 1 aromatic heterocycles. The largest absolute Gasteiger partial charge is 0.395 e. The molecule has 0 aliphatic carbocycles. The first-order valence-corrected chi connectivity index (χ1v) is 8.32. The molecule has 15 heteroatoms. The van der Waals surface area contributed by atoms with E-state index in [0.29, 0.717) is 0 Å². The topological polar surface area (TPSA) is 247 Å². The van der Waals surface area contributed by atoms with Gasteiger partial charge in [-0.25, -0.2) is 0 Å². The van der Waals surface area contributed by atoms with Gasteiger partial charge >= 0.3 is 0 Å². The lowest BCUT2D eigenvalue weighted by Gasteiger charge is -2.20. The molecule has 0 fully saturated rings. The van der Waals surface area contributed by atoms with E-state index in [2.05, 4.69) is 10.1 Å². The van der Waals surface area contributed by atoms with Gasteiger partial charge in [-0.1, -0.05) is 5.16 Å². The Labute approximate surface area is 142 Å². The van der Waals surface area contributed by atoms with Crippen molar-refractivity contribution in [1.29, 1.82) is 0 Å². The number of aromatic nitrogens is 2. The highest BCUT2D eigenvalue weighted by Gasteiger charge is 2.30. The second-order valence-electron chi connectivity index (χ2n) is 4.94. The number of carbonyl (C=O) groups excluding carboxylic acids is 1. The first-order chi connectivity index (χ1) is 11.6. The summed E-state index contributed by atoms with van der Waals surface area (Å²) in [4.78, 5) is 14.9. The van der Waals surface area contributed by atoms with Crippen LogP contribution in [0.2, 0.25) is 0 Å². The fourth-order valence-corrected chi connectivity index (χ4v) is 2.84. The Morgan fingerprint density at radius 2 is 1.88 bits per heavy atom. The van der Waals surface area contributed by atoms with Crippen LogP contribution >= 0.6 is 0 Å². The number of amides is 1. The Kier molecular flexibility index (Phi) is 7.77. The molecular weight excluding hydrogens is 364 g/mol. The smallest absolute Gasteiger partial charge is 0.278 e. The summed E-state index contributed by atoms with van der Waals surface area (Å²) < 4.78 is 32.5. The molecule has 10 N–H and O–H groups in total. The van der Waals surface area contributed by atoms with Crippen molar-refractivity contribution in [2.45, 2.75) is 30.8 Å². The zero-order valence-electron chi connectivity index (χ0n) is 12.8. The fraction of sp³-hybridized carbons (Fsp3) is 0.700. The Bertz CT molecular complexity index is 664. The number of nitrogens with one attached hydrogen (secondary N) is 2. The van der Waals surface area contributed by atoms with Gasteiger partial charge in [-0.3, -0.25) is 4.79 Å². The third kappa shape index (κ3) is 6.59. The molecule has 144 valence electrons. The van der Waals surface area contributed by atoms with Crippen LogP contribution in [0.25, 0.3) is 0 Å². The highest BCUT2D eigenvalue weighted by Crippen LogP contribution is 2.17. The minimum absolute atomic E-state index is 0.127.